The topological polar surface area (TPSA) is 72.0 Å². The summed E-state index contributed by atoms with van der Waals surface area (Å²) in [7, 11) is -3.65. The zero-order valence-electron chi connectivity index (χ0n) is 11.7. The van der Waals surface area contributed by atoms with E-state index >= 15 is 0 Å². The molecule has 21 heavy (non-hydrogen) atoms. The van der Waals surface area contributed by atoms with Gasteiger partial charge in [-0.2, -0.15) is 0 Å². The van der Waals surface area contributed by atoms with E-state index in [-0.39, 0.29) is 22.1 Å². The van der Waals surface area contributed by atoms with Crippen LogP contribution in [-0.4, -0.2) is 24.9 Å². The second kappa shape index (κ2) is 6.09. The minimum absolute atomic E-state index is 0.00392. The van der Waals surface area contributed by atoms with Crippen LogP contribution in [0.25, 0.3) is 0 Å². The Bertz CT molecular complexity index is 701. The summed E-state index contributed by atoms with van der Waals surface area (Å²) in [5.74, 6) is 0. The van der Waals surface area contributed by atoms with Crippen LogP contribution in [-0.2, 0) is 15.4 Å². The molecule has 0 aliphatic rings. The van der Waals surface area contributed by atoms with Gasteiger partial charge in [-0.1, -0.05) is 44.2 Å². The highest BCUT2D eigenvalue weighted by atomic mass is 35.5. The molecule has 0 fully saturated rings. The highest BCUT2D eigenvalue weighted by Crippen LogP contribution is 2.22. The fourth-order valence-electron chi connectivity index (χ4n) is 1.79. The number of hydrogen-bond acceptors (Lipinski definition) is 4. The smallest absolute Gasteiger partial charge is 0.225 e. The van der Waals surface area contributed by atoms with E-state index in [0.29, 0.717) is 0 Å². The molecule has 2 aromatic rings. The number of benzene rings is 1. The third-order valence-electron chi connectivity index (χ3n) is 3.17. The van der Waals surface area contributed by atoms with Crippen molar-refractivity contribution in [1.29, 1.82) is 0 Å². The van der Waals surface area contributed by atoms with Crippen molar-refractivity contribution in [3.63, 3.8) is 0 Å². The Hall–Kier alpha value is -1.50. The molecule has 1 N–H and O–H groups in total. The predicted molar refractivity (Wildman–Crippen MR) is 81.7 cm³/mol. The number of nitrogens with one attached hydrogen (secondary N) is 1. The van der Waals surface area contributed by atoms with Gasteiger partial charge in [-0.3, -0.25) is 0 Å². The molecule has 0 atom stereocenters. The first-order valence-electron chi connectivity index (χ1n) is 6.34. The van der Waals surface area contributed by atoms with Gasteiger partial charge in [-0.15, -0.1) is 0 Å². The average molecular weight is 326 g/mol. The molecule has 5 nitrogen and oxygen atoms in total. The van der Waals surface area contributed by atoms with Crippen molar-refractivity contribution >= 4 is 21.6 Å². The van der Waals surface area contributed by atoms with Crippen LogP contribution in [0.3, 0.4) is 0 Å². The molecule has 2 rings (SSSR count). The highest BCUT2D eigenvalue weighted by Gasteiger charge is 2.24. The van der Waals surface area contributed by atoms with Gasteiger partial charge in [0.1, 0.15) is 4.90 Å². The van der Waals surface area contributed by atoms with Gasteiger partial charge < -0.3 is 0 Å². The third kappa shape index (κ3) is 4.00. The molecular formula is C14H16ClN3O2S. The van der Waals surface area contributed by atoms with Crippen molar-refractivity contribution in [2.75, 3.05) is 6.54 Å². The molecule has 0 unspecified atom stereocenters. The molecule has 1 aromatic heterocycles. The standard InChI is InChI=1S/C14H16ClN3O2S/c1-14(2,11-6-4-3-5-7-11)10-18-21(19,20)12-8-16-13(15)17-9-12/h3-9,18H,10H2,1-2H3. The van der Waals surface area contributed by atoms with Crippen LogP contribution in [0.4, 0.5) is 0 Å². The van der Waals surface area contributed by atoms with E-state index in [1.165, 1.54) is 12.4 Å². The van der Waals surface area contributed by atoms with Crippen molar-refractivity contribution in [2.24, 2.45) is 0 Å². The minimum atomic E-state index is -3.65. The third-order valence-corrected chi connectivity index (χ3v) is 4.72. The highest BCUT2D eigenvalue weighted by molar-refractivity contribution is 7.89. The van der Waals surface area contributed by atoms with Gasteiger partial charge in [-0.05, 0) is 17.2 Å². The number of nitrogens with zero attached hydrogens (tertiary/aromatic N) is 2. The first-order valence-corrected chi connectivity index (χ1v) is 8.20. The molecule has 0 amide bonds. The van der Waals surface area contributed by atoms with Gasteiger partial charge in [0.2, 0.25) is 15.3 Å². The van der Waals surface area contributed by atoms with Crippen molar-refractivity contribution in [3.8, 4) is 0 Å². The maximum absolute atomic E-state index is 12.2. The Balaban J connectivity index is 2.13. The maximum Gasteiger partial charge on any atom is 0.243 e. The number of sulfonamides is 1. The van der Waals surface area contributed by atoms with E-state index < -0.39 is 10.0 Å². The number of rotatable bonds is 5. The van der Waals surface area contributed by atoms with Crippen LogP contribution >= 0.6 is 11.6 Å². The number of hydrogen-bond donors (Lipinski definition) is 1. The van der Waals surface area contributed by atoms with Crippen LogP contribution in [0.15, 0.2) is 47.6 Å². The van der Waals surface area contributed by atoms with Crippen LogP contribution in [0.5, 0.6) is 0 Å². The number of aromatic nitrogens is 2. The van der Waals surface area contributed by atoms with E-state index in [1.54, 1.807) is 0 Å². The molecule has 0 radical (unpaired) electrons. The molecule has 1 aromatic carbocycles. The summed E-state index contributed by atoms with van der Waals surface area (Å²) in [6, 6.07) is 9.73. The van der Waals surface area contributed by atoms with Crippen LogP contribution < -0.4 is 4.72 Å². The van der Waals surface area contributed by atoms with E-state index in [1.807, 2.05) is 44.2 Å². The number of halogens is 1. The molecule has 0 aliphatic heterocycles. The first kappa shape index (κ1) is 15.9. The maximum atomic E-state index is 12.2. The largest absolute Gasteiger partial charge is 0.243 e. The summed E-state index contributed by atoms with van der Waals surface area (Å²) >= 11 is 5.55. The Labute approximate surface area is 129 Å². The molecule has 0 saturated carbocycles. The van der Waals surface area contributed by atoms with Crippen LogP contribution in [0.2, 0.25) is 5.28 Å². The summed E-state index contributed by atoms with van der Waals surface area (Å²) < 4.78 is 27.0. The lowest BCUT2D eigenvalue weighted by Gasteiger charge is -2.25. The van der Waals surface area contributed by atoms with E-state index in [9.17, 15) is 8.42 Å². The minimum Gasteiger partial charge on any atom is -0.225 e. The molecular weight excluding hydrogens is 310 g/mol. The van der Waals surface area contributed by atoms with E-state index in [0.717, 1.165) is 5.56 Å². The van der Waals surface area contributed by atoms with E-state index in [2.05, 4.69) is 14.7 Å². The summed E-state index contributed by atoms with van der Waals surface area (Å²) in [6.07, 6.45) is 2.38. The van der Waals surface area contributed by atoms with Gasteiger partial charge >= 0.3 is 0 Å². The van der Waals surface area contributed by atoms with Crippen molar-refractivity contribution < 1.29 is 8.42 Å². The quantitative estimate of drug-likeness (QED) is 0.857. The average Bonchev–Trinajstić information content (AvgIpc) is 2.47. The summed E-state index contributed by atoms with van der Waals surface area (Å²) in [5.41, 5.74) is 0.724. The zero-order valence-corrected chi connectivity index (χ0v) is 13.3. The van der Waals surface area contributed by atoms with Gasteiger partial charge in [0.25, 0.3) is 0 Å². The van der Waals surface area contributed by atoms with E-state index in [4.69, 9.17) is 11.6 Å². The second-order valence-electron chi connectivity index (χ2n) is 5.26. The van der Waals surface area contributed by atoms with Gasteiger partial charge in [0, 0.05) is 12.0 Å². The van der Waals surface area contributed by atoms with Gasteiger partial charge in [-0.25, -0.2) is 23.1 Å². The fraction of sp³-hybridized carbons (Fsp3) is 0.286. The molecule has 112 valence electrons. The lowest BCUT2D eigenvalue weighted by atomic mass is 9.85. The Morgan fingerprint density at radius 3 is 2.29 bits per heavy atom. The van der Waals surface area contributed by atoms with Crippen LogP contribution in [0, 0.1) is 0 Å². The Morgan fingerprint density at radius 2 is 1.71 bits per heavy atom. The predicted octanol–water partition coefficient (Wildman–Crippen LogP) is 2.39. The Morgan fingerprint density at radius 1 is 1.14 bits per heavy atom. The Kier molecular flexibility index (Phi) is 4.61. The van der Waals surface area contributed by atoms with Crippen molar-refractivity contribution in [2.45, 2.75) is 24.2 Å². The monoisotopic (exact) mass is 325 g/mol. The van der Waals surface area contributed by atoms with Gasteiger partial charge in [0.05, 0.1) is 12.4 Å². The lowest BCUT2D eigenvalue weighted by molar-refractivity contribution is 0.501. The molecule has 0 aliphatic carbocycles. The summed E-state index contributed by atoms with van der Waals surface area (Å²) in [5, 5.41) is 0.0126. The van der Waals surface area contributed by atoms with Crippen LogP contribution in [0.1, 0.15) is 19.4 Å². The summed E-state index contributed by atoms with van der Waals surface area (Å²) in [6.45, 7) is 4.22. The normalized spacial score (nSPS) is 12.3. The zero-order chi connectivity index (χ0) is 15.5. The second-order valence-corrected chi connectivity index (χ2v) is 7.37. The fourth-order valence-corrected chi connectivity index (χ4v) is 2.99. The first-order chi connectivity index (χ1) is 9.81. The molecule has 0 spiro atoms. The molecule has 7 heteroatoms. The lowest BCUT2D eigenvalue weighted by Crippen LogP contribution is -2.36. The molecule has 0 bridgehead atoms. The van der Waals surface area contributed by atoms with Gasteiger partial charge in [0.15, 0.2) is 0 Å². The summed E-state index contributed by atoms with van der Waals surface area (Å²) in [4.78, 5) is 7.36. The van der Waals surface area contributed by atoms with Crippen molar-refractivity contribution in [3.05, 3.63) is 53.6 Å². The SMILES string of the molecule is CC(C)(CNS(=O)(=O)c1cnc(Cl)nc1)c1ccccc1. The van der Waals surface area contributed by atoms with Crippen molar-refractivity contribution in [1.82, 2.24) is 14.7 Å². The molecule has 0 saturated heterocycles. The molecule has 1 heterocycles.